The highest BCUT2D eigenvalue weighted by atomic mass is 35.5. The normalized spacial score (nSPS) is 15.0. The minimum Gasteiger partial charge on any atom is -0.496 e. The first kappa shape index (κ1) is 21.4. The summed E-state index contributed by atoms with van der Waals surface area (Å²) in [7, 11) is 3.72. The van der Waals surface area contributed by atoms with Gasteiger partial charge in [0.15, 0.2) is 0 Å². The summed E-state index contributed by atoms with van der Waals surface area (Å²) in [5, 5.41) is 15.2. The zero-order chi connectivity index (χ0) is 22.9. The fourth-order valence-corrected chi connectivity index (χ4v) is 4.48. The van der Waals surface area contributed by atoms with Crippen molar-refractivity contribution < 1.29 is 13.9 Å². The molecule has 33 heavy (non-hydrogen) atoms. The number of likely N-dealkylation sites (tertiary alicyclic amines) is 1. The van der Waals surface area contributed by atoms with Crippen molar-refractivity contribution in [3.63, 3.8) is 0 Å². The Labute approximate surface area is 196 Å². The molecule has 4 aromatic rings. The van der Waals surface area contributed by atoms with Crippen LogP contribution in [0.4, 0.5) is 11.4 Å². The Hall–Kier alpha value is -3.47. The maximum Gasteiger partial charge on any atom is 0.136 e. The highest BCUT2D eigenvalue weighted by Crippen LogP contribution is 2.41. The molecule has 1 N–H and O–H groups in total. The maximum absolute atomic E-state index is 9.80. The lowest BCUT2D eigenvalue weighted by Gasteiger charge is -2.29. The van der Waals surface area contributed by atoms with Crippen molar-refractivity contribution in [1.82, 2.24) is 9.88 Å². The van der Waals surface area contributed by atoms with E-state index in [1.807, 2.05) is 24.3 Å². The number of nitriles is 1. The van der Waals surface area contributed by atoms with Crippen LogP contribution in [-0.4, -0.2) is 43.2 Å². The van der Waals surface area contributed by atoms with Gasteiger partial charge in [0.25, 0.3) is 0 Å². The number of ether oxygens (including phenoxy) is 2. The molecule has 1 fully saturated rings. The van der Waals surface area contributed by atoms with Gasteiger partial charge in [-0.15, -0.1) is 0 Å². The predicted octanol–water partition coefficient (Wildman–Crippen LogP) is 5.73. The van der Waals surface area contributed by atoms with Crippen LogP contribution >= 0.6 is 11.6 Å². The molecule has 5 rings (SSSR count). The van der Waals surface area contributed by atoms with E-state index in [0.717, 1.165) is 31.3 Å². The van der Waals surface area contributed by atoms with Crippen molar-refractivity contribution in [2.75, 3.05) is 32.6 Å². The van der Waals surface area contributed by atoms with E-state index >= 15 is 0 Å². The van der Waals surface area contributed by atoms with Gasteiger partial charge in [0.2, 0.25) is 0 Å². The fourth-order valence-electron chi connectivity index (χ4n) is 4.27. The van der Waals surface area contributed by atoms with Gasteiger partial charge in [0, 0.05) is 36.8 Å². The number of piperidine rings is 1. The van der Waals surface area contributed by atoms with Crippen molar-refractivity contribution in [2.45, 2.75) is 18.9 Å². The third-order valence-electron chi connectivity index (χ3n) is 6.05. The van der Waals surface area contributed by atoms with Crippen LogP contribution in [0, 0.1) is 11.3 Å². The number of anilines is 2. The fraction of sp³-hybridized carbons (Fsp3) is 0.280. The Morgan fingerprint density at radius 3 is 2.79 bits per heavy atom. The molecule has 0 amide bonds. The van der Waals surface area contributed by atoms with Crippen molar-refractivity contribution in [2.24, 2.45) is 0 Å². The van der Waals surface area contributed by atoms with E-state index < -0.39 is 0 Å². The van der Waals surface area contributed by atoms with Gasteiger partial charge in [-0.1, -0.05) is 11.6 Å². The number of hydrogen-bond donors (Lipinski definition) is 1. The summed E-state index contributed by atoms with van der Waals surface area (Å²) in [5.41, 5.74) is 2.96. The molecule has 3 heterocycles. The molecule has 0 saturated carbocycles. The molecule has 2 aromatic heterocycles. The summed E-state index contributed by atoms with van der Waals surface area (Å²) >= 11 is 6.52. The second kappa shape index (κ2) is 8.81. The van der Waals surface area contributed by atoms with E-state index in [2.05, 4.69) is 28.3 Å². The van der Waals surface area contributed by atoms with E-state index in [9.17, 15) is 5.26 Å². The van der Waals surface area contributed by atoms with Gasteiger partial charge in [-0.05, 0) is 38.1 Å². The number of pyridine rings is 1. The van der Waals surface area contributed by atoms with Gasteiger partial charge >= 0.3 is 0 Å². The van der Waals surface area contributed by atoms with E-state index in [-0.39, 0.29) is 6.10 Å². The number of fused-ring (bicyclic) bond motifs is 2. The highest BCUT2D eigenvalue weighted by molar-refractivity contribution is 6.35. The monoisotopic (exact) mass is 462 g/mol. The van der Waals surface area contributed by atoms with E-state index in [4.69, 9.17) is 25.5 Å². The topological polar surface area (TPSA) is 83.5 Å². The Bertz CT molecular complexity index is 1370. The van der Waals surface area contributed by atoms with E-state index in [1.165, 1.54) is 0 Å². The summed E-state index contributed by atoms with van der Waals surface area (Å²) in [6, 6.07) is 11.4. The zero-order valence-corrected chi connectivity index (χ0v) is 19.1. The first-order valence-electron chi connectivity index (χ1n) is 10.8. The average molecular weight is 463 g/mol. The minimum atomic E-state index is 0.150. The van der Waals surface area contributed by atoms with Gasteiger partial charge in [-0.3, -0.25) is 4.98 Å². The summed E-state index contributed by atoms with van der Waals surface area (Å²) in [6.45, 7) is 2.01. The lowest BCUT2D eigenvalue weighted by molar-refractivity contribution is 0.114. The first-order valence-corrected chi connectivity index (χ1v) is 11.1. The van der Waals surface area contributed by atoms with Crippen LogP contribution in [0.3, 0.4) is 0 Å². The number of aromatic nitrogens is 1. The van der Waals surface area contributed by atoms with Crippen molar-refractivity contribution in [3.05, 3.63) is 53.4 Å². The summed E-state index contributed by atoms with van der Waals surface area (Å²) in [5.74, 6) is 1.27. The summed E-state index contributed by atoms with van der Waals surface area (Å²) in [6.07, 6.45) is 5.24. The Kier molecular flexibility index (Phi) is 5.71. The lowest BCUT2D eigenvalue weighted by atomic mass is 10.1. The lowest BCUT2D eigenvalue weighted by Crippen LogP contribution is -2.35. The third-order valence-corrected chi connectivity index (χ3v) is 6.36. The number of methoxy groups -OCH3 is 1. The van der Waals surface area contributed by atoms with Gasteiger partial charge in [0.1, 0.15) is 29.3 Å². The molecule has 0 radical (unpaired) electrons. The highest BCUT2D eigenvalue weighted by Gasteiger charge is 2.21. The third kappa shape index (κ3) is 4.04. The maximum atomic E-state index is 9.80. The van der Waals surface area contributed by atoms with Crippen LogP contribution < -0.4 is 14.8 Å². The van der Waals surface area contributed by atoms with Gasteiger partial charge in [-0.2, -0.15) is 5.26 Å². The van der Waals surface area contributed by atoms with Crippen molar-refractivity contribution in [1.29, 1.82) is 5.26 Å². The minimum absolute atomic E-state index is 0.150. The van der Waals surface area contributed by atoms with Crippen LogP contribution in [0.25, 0.3) is 21.9 Å². The smallest absolute Gasteiger partial charge is 0.136 e. The Balaban J connectivity index is 1.60. The molecule has 2 aromatic carbocycles. The van der Waals surface area contributed by atoms with Crippen molar-refractivity contribution >= 4 is 44.8 Å². The quantitative estimate of drug-likeness (QED) is 0.405. The van der Waals surface area contributed by atoms with Crippen LogP contribution in [0.15, 0.2) is 47.2 Å². The largest absolute Gasteiger partial charge is 0.496 e. The first-order chi connectivity index (χ1) is 16.1. The number of benzene rings is 2. The number of rotatable bonds is 5. The molecule has 1 aliphatic heterocycles. The molecule has 1 aliphatic rings. The van der Waals surface area contributed by atoms with Crippen molar-refractivity contribution in [3.8, 4) is 17.6 Å². The van der Waals surface area contributed by atoms with Gasteiger partial charge in [0.05, 0.1) is 46.2 Å². The molecule has 0 spiro atoms. The van der Waals surface area contributed by atoms with Gasteiger partial charge in [-0.25, -0.2) is 0 Å². The van der Waals surface area contributed by atoms with Gasteiger partial charge < -0.3 is 24.1 Å². The Morgan fingerprint density at radius 2 is 2.03 bits per heavy atom. The average Bonchev–Trinajstić information content (AvgIpc) is 3.31. The molecular formula is C25H23ClN4O3. The molecule has 0 bridgehead atoms. The van der Waals surface area contributed by atoms with Crippen LogP contribution in [0.1, 0.15) is 18.4 Å². The molecule has 8 heteroatoms. The SMILES string of the molecule is COc1cc(OC2CCN(C)CC2)cc2ncc(C#N)c(Nc3c(Cl)ccc4occc34)c12. The number of halogens is 1. The molecule has 0 aliphatic carbocycles. The van der Waals surface area contributed by atoms with E-state index in [1.54, 1.807) is 25.6 Å². The molecule has 0 atom stereocenters. The molecule has 168 valence electrons. The second-order valence-electron chi connectivity index (χ2n) is 8.18. The number of hydrogen-bond acceptors (Lipinski definition) is 7. The standard InChI is InChI=1S/C25H23ClN4O3/c1-30-8-5-16(6-9-30)33-17-11-20-23(22(12-17)31-2)24(15(13-27)14-28-20)29-25-18-7-10-32-21(18)4-3-19(25)26/h3-4,7,10-12,14,16H,5-6,8-9H2,1-2H3,(H,28,29). The second-order valence-corrected chi connectivity index (χ2v) is 8.59. The molecule has 7 nitrogen and oxygen atoms in total. The molecule has 0 unspecified atom stereocenters. The van der Waals surface area contributed by atoms with E-state index in [0.29, 0.717) is 49.9 Å². The number of nitrogens with one attached hydrogen (secondary N) is 1. The predicted molar refractivity (Wildman–Crippen MR) is 129 cm³/mol. The Morgan fingerprint density at radius 1 is 1.21 bits per heavy atom. The molecular weight excluding hydrogens is 440 g/mol. The van der Waals surface area contributed by atoms with Crippen LogP contribution in [0.5, 0.6) is 11.5 Å². The number of nitrogens with zero attached hydrogens (tertiary/aromatic N) is 3. The number of furan rings is 1. The molecule has 1 saturated heterocycles. The summed E-state index contributed by atoms with van der Waals surface area (Å²) < 4.78 is 17.5. The summed E-state index contributed by atoms with van der Waals surface area (Å²) in [4.78, 5) is 6.82. The van der Waals surface area contributed by atoms with Crippen LogP contribution in [-0.2, 0) is 0 Å². The zero-order valence-electron chi connectivity index (χ0n) is 18.4. The van der Waals surface area contributed by atoms with Crippen LogP contribution in [0.2, 0.25) is 5.02 Å².